The van der Waals surface area contributed by atoms with E-state index in [4.69, 9.17) is 10.5 Å². The van der Waals surface area contributed by atoms with Crippen molar-refractivity contribution in [3.8, 4) is 5.75 Å². The number of ether oxygens (including phenoxy) is 1. The largest absolute Gasteiger partial charge is 0.488 e. The maximum atomic E-state index is 5.96. The molecule has 0 bridgehead atoms. The second kappa shape index (κ2) is 5.84. The molecular weight excluding hydrogens is 230 g/mol. The summed E-state index contributed by atoms with van der Waals surface area (Å²) in [6.07, 6.45) is 0.954. The van der Waals surface area contributed by atoms with E-state index in [1.54, 1.807) is 11.3 Å². The van der Waals surface area contributed by atoms with E-state index in [1.807, 2.05) is 30.3 Å². The molecule has 90 valence electrons. The molecule has 0 saturated carbocycles. The van der Waals surface area contributed by atoms with Crippen LogP contribution in [-0.4, -0.2) is 0 Å². The molecule has 2 N–H and O–H groups in total. The summed E-state index contributed by atoms with van der Waals surface area (Å²) in [5, 5.41) is 2.06. The molecule has 0 aliphatic rings. The Hall–Kier alpha value is -1.32. The number of nitrogens with two attached hydrogens (primary N) is 1. The topological polar surface area (TPSA) is 35.2 Å². The standard InChI is InChI=1S/C14H17NOS/c1-2-14(15)11-5-7-12(8-6-11)16-10-13-4-3-9-17-13/h3-9,14H,2,10,15H2,1H3/t14-/m0/s1. The van der Waals surface area contributed by atoms with Crippen molar-refractivity contribution < 1.29 is 4.74 Å². The van der Waals surface area contributed by atoms with E-state index in [-0.39, 0.29) is 6.04 Å². The van der Waals surface area contributed by atoms with Crippen LogP contribution in [0.25, 0.3) is 0 Å². The predicted octanol–water partition coefficient (Wildman–Crippen LogP) is 3.74. The second-order valence-corrected chi connectivity index (χ2v) is 4.98. The lowest BCUT2D eigenvalue weighted by atomic mass is 10.1. The molecular formula is C14H17NOS. The molecule has 0 spiro atoms. The number of benzene rings is 1. The van der Waals surface area contributed by atoms with E-state index in [1.165, 1.54) is 4.88 Å². The number of rotatable bonds is 5. The first kappa shape index (κ1) is 12.1. The van der Waals surface area contributed by atoms with Crippen LogP contribution in [0.2, 0.25) is 0 Å². The van der Waals surface area contributed by atoms with Gasteiger partial charge in [0.25, 0.3) is 0 Å². The molecule has 0 radical (unpaired) electrons. The van der Waals surface area contributed by atoms with Gasteiger partial charge in [-0.05, 0) is 35.6 Å². The summed E-state index contributed by atoms with van der Waals surface area (Å²) in [6, 6.07) is 12.3. The molecule has 1 heterocycles. The number of hydrogen-bond acceptors (Lipinski definition) is 3. The summed E-state index contributed by atoms with van der Waals surface area (Å²) in [4.78, 5) is 1.24. The fraction of sp³-hybridized carbons (Fsp3) is 0.286. The molecule has 1 aromatic carbocycles. The van der Waals surface area contributed by atoms with Gasteiger partial charge in [-0.2, -0.15) is 0 Å². The highest BCUT2D eigenvalue weighted by Crippen LogP contribution is 2.19. The van der Waals surface area contributed by atoms with Gasteiger partial charge in [-0.1, -0.05) is 25.1 Å². The molecule has 2 rings (SSSR count). The fourth-order valence-corrected chi connectivity index (χ4v) is 2.21. The van der Waals surface area contributed by atoms with E-state index in [2.05, 4.69) is 18.4 Å². The Balaban J connectivity index is 1.94. The van der Waals surface area contributed by atoms with Crippen LogP contribution in [0.15, 0.2) is 41.8 Å². The van der Waals surface area contributed by atoms with Crippen LogP contribution < -0.4 is 10.5 Å². The smallest absolute Gasteiger partial charge is 0.122 e. The van der Waals surface area contributed by atoms with Gasteiger partial charge in [-0.25, -0.2) is 0 Å². The summed E-state index contributed by atoms with van der Waals surface area (Å²) in [6.45, 7) is 2.72. The highest BCUT2D eigenvalue weighted by atomic mass is 32.1. The maximum Gasteiger partial charge on any atom is 0.122 e. The molecule has 0 aliphatic carbocycles. The molecule has 0 fully saturated rings. The van der Waals surface area contributed by atoms with Crippen molar-refractivity contribution in [2.75, 3.05) is 0 Å². The molecule has 0 amide bonds. The average molecular weight is 247 g/mol. The summed E-state index contributed by atoms with van der Waals surface area (Å²) in [5.41, 5.74) is 7.12. The van der Waals surface area contributed by atoms with E-state index in [0.29, 0.717) is 6.61 Å². The van der Waals surface area contributed by atoms with E-state index in [9.17, 15) is 0 Å². The Labute approximate surface area is 106 Å². The van der Waals surface area contributed by atoms with Crippen LogP contribution in [0, 0.1) is 0 Å². The first-order valence-electron chi connectivity index (χ1n) is 5.80. The molecule has 17 heavy (non-hydrogen) atoms. The molecule has 1 aromatic heterocycles. The second-order valence-electron chi connectivity index (χ2n) is 3.95. The summed E-state index contributed by atoms with van der Waals surface area (Å²) >= 11 is 1.71. The highest BCUT2D eigenvalue weighted by molar-refractivity contribution is 7.09. The maximum absolute atomic E-state index is 5.96. The van der Waals surface area contributed by atoms with Crippen LogP contribution in [-0.2, 0) is 6.61 Å². The van der Waals surface area contributed by atoms with Gasteiger partial charge in [0.2, 0.25) is 0 Å². The van der Waals surface area contributed by atoms with Gasteiger partial charge in [0, 0.05) is 10.9 Å². The van der Waals surface area contributed by atoms with Gasteiger partial charge in [0.05, 0.1) is 0 Å². The molecule has 2 aromatic rings. The van der Waals surface area contributed by atoms with Gasteiger partial charge < -0.3 is 10.5 Å². The van der Waals surface area contributed by atoms with E-state index in [0.717, 1.165) is 17.7 Å². The van der Waals surface area contributed by atoms with E-state index < -0.39 is 0 Å². The summed E-state index contributed by atoms with van der Waals surface area (Å²) in [7, 11) is 0. The normalized spacial score (nSPS) is 12.4. The zero-order valence-corrected chi connectivity index (χ0v) is 10.7. The highest BCUT2D eigenvalue weighted by Gasteiger charge is 2.03. The van der Waals surface area contributed by atoms with Gasteiger partial charge in [-0.3, -0.25) is 0 Å². The van der Waals surface area contributed by atoms with Crippen LogP contribution in [0.5, 0.6) is 5.75 Å². The lowest BCUT2D eigenvalue weighted by molar-refractivity contribution is 0.309. The molecule has 2 nitrogen and oxygen atoms in total. The minimum atomic E-state index is 0.126. The third-order valence-corrected chi connectivity index (χ3v) is 3.56. The van der Waals surface area contributed by atoms with Crippen molar-refractivity contribution in [3.05, 3.63) is 52.2 Å². The molecule has 0 aliphatic heterocycles. The zero-order valence-electron chi connectivity index (χ0n) is 9.93. The molecule has 3 heteroatoms. The lowest BCUT2D eigenvalue weighted by Gasteiger charge is -2.10. The SMILES string of the molecule is CC[C@H](N)c1ccc(OCc2cccs2)cc1. The Morgan fingerprint density at radius 2 is 2.00 bits per heavy atom. The third kappa shape index (κ3) is 3.32. The van der Waals surface area contributed by atoms with Crippen molar-refractivity contribution in [3.63, 3.8) is 0 Å². The van der Waals surface area contributed by atoms with Crippen LogP contribution >= 0.6 is 11.3 Å². The van der Waals surface area contributed by atoms with Gasteiger partial charge in [0.1, 0.15) is 12.4 Å². The minimum absolute atomic E-state index is 0.126. The summed E-state index contributed by atoms with van der Waals surface area (Å²) < 4.78 is 5.69. The van der Waals surface area contributed by atoms with Gasteiger partial charge >= 0.3 is 0 Å². The van der Waals surface area contributed by atoms with Crippen molar-refractivity contribution in [2.24, 2.45) is 5.73 Å². The number of hydrogen-bond donors (Lipinski definition) is 1. The number of thiophene rings is 1. The summed E-state index contributed by atoms with van der Waals surface area (Å²) in [5.74, 6) is 0.894. The quantitative estimate of drug-likeness (QED) is 0.873. The van der Waals surface area contributed by atoms with E-state index >= 15 is 0 Å². The molecule has 0 unspecified atom stereocenters. The molecule has 1 atom stereocenters. The van der Waals surface area contributed by atoms with Gasteiger partial charge in [0.15, 0.2) is 0 Å². The van der Waals surface area contributed by atoms with Crippen LogP contribution in [0.4, 0.5) is 0 Å². The Morgan fingerprint density at radius 3 is 2.59 bits per heavy atom. The van der Waals surface area contributed by atoms with Gasteiger partial charge in [-0.15, -0.1) is 11.3 Å². The zero-order chi connectivity index (χ0) is 12.1. The fourth-order valence-electron chi connectivity index (χ4n) is 1.60. The van der Waals surface area contributed by atoms with Crippen LogP contribution in [0.1, 0.15) is 29.8 Å². The Morgan fingerprint density at radius 1 is 1.24 bits per heavy atom. The Bertz CT molecular complexity index is 436. The van der Waals surface area contributed by atoms with Crippen LogP contribution in [0.3, 0.4) is 0 Å². The van der Waals surface area contributed by atoms with Crippen molar-refractivity contribution >= 4 is 11.3 Å². The minimum Gasteiger partial charge on any atom is -0.488 e. The van der Waals surface area contributed by atoms with Crippen molar-refractivity contribution in [1.82, 2.24) is 0 Å². The average Bonchev–Trinajstić information content (AvgIpc) is 2.89. The third-order valence-electron chi connectivity index (χ3n) is 2.71. The monoisotopic (exact) mass is 247 g/mol. The Kier molecular flexibility index (Phi) is 4.18. The lowest BCUT2D eigenvalue weighted by Crippen LogP contribution is -2.08. The first-order valence-corrected chi connectivity index (χ1v) is 6.68. The van der Waals surface area contributed by atoms with Crippen molar-refractivity contribution in [1.29, 1.82) is 0 Å². The van der Waals surface area contributed by atoms with Crippen molar-refractivity contribution in [2.45, 2.75) is 26.0 Å². The predicted molar refractivity (Wildman–Crippen MR) is 72.3 cm³/mol. The first-order chi connectivity index (χ1) is 8.29. The molecule has 0 saturated heterocycles.